The minimum atomic E-state index is -1.01. The van der Waals surface area contributed by atoms with Gasteiger partial charge in [-0.3, -0.25) is 14.9 Å². The predicted molar refractivity (Wildman–Crippen MR) is 144 cm³/mol. The van der Waals surface area contributed by atoms with Crippen LogP contribution < -0.4 is 4.74 Å². The van der Waals surface area contributed by atoms with E-state index >= 15 is 0 Å². The largest absolute Gasteiger partial charge is 0.474 e. The molecule has 4 heterocycles. The molecule has 1 saturated heterocycles. The number of carbonyl (C=O) groups excluding carboxylic acids is 1. The minimum absolute atomic E-state index is 0.0432. The molecule has 6 rings (SSSR count). The maximum Gasteiger partial charge on any atom is 0.251 e. The number of fused-ring (bicyclic) bond motifs is 2. The number of rotatable bonds is 6. The first-order valence-corrected chi connectivity index (χ1v) is 13.3. The lowest BCUT2D eigenvalue weighted by Crippen LogP contribution is -2.52. The van der Waals surface area contributed by atoms with E-state index in [1.54, 1.807) is 11.9 Å². The summed E-state index contributed by atoms with van der Waals surface area (Å²) in [7, 11) is 1.74. The molecule has 1 atom stereocenters. The Labute approximate surface area is 221 Å². The monoisotopic (exact) mass is 515 g/mol. The van der Waals surface area contributed by atoms with Crippen molar-refractivity contribution < 1.29 is 19.4 Å². The smallest absolute Gasteiger partial charge is 0.251 e. The van der Waals surface area contributed by atoms with E-state index in [0.29, 0.717) is 31.9 Å². The standard InChI is InChI=1S/C29H33N5O4/c1-16-10-19(4-7-30-16)26-23-11-20-15-31-33-25(20)14-24(23)28(32-27(26)18-5-8-37-9-6-18)38-22-12-21(13-22)34(3)29(36)17(2)35/h4,7,10-11,14-15,17-18,21-22,35H,5-6,8-9,12-13H2,1-3H3,(H,31,33)/t17-,21?,22?/m0/s1. The number of amides is 1. The van der Waals surface area contributed by atoms with Gasteiger partial charge in [-0.1, -0.05) is 0 Å². The molecular formula is C29H33N5O4. The molecule has 1 aliphatic carbocycles. The molecule has 4 aromatic rings. The normalized spacial score (nSPS) is 20.8. The number of pyridine rings is 2. The summed E-state index contributed by atoms with van der Waals surface area (Å²) in [5.74, 6) is 0.598. The number of hydrogen-bond acceptors (Lipinski definition) is 7. The molecule has 198 valence electrons. The molecule has 1 aliphatic heterocycles. The number of aryl methyl sites for hydroxylation is 1. The Bertz CT molecular complexity index is 1490. The van der Waals surface area contributed by atoms with Crippen molar-refractivity contribution in [3.8, 4) is 17.0 Å². The molecule has 1 aromatic carbocycles. The molecule has 9 heteroatoms. The van der Waals surface area contributed by atoms with Crippen LogP contribution in [0.15, 0.2) is 36.7 Å². The summed E-state index contributed by atoms with van der Waals surface area (Å²) in [6.07, 6.45) is 5.83. The van der Waals surface area contributed by atoms with E-state index in [4.69, 9.17) is 14.5 Å². The van der Waals surface area contributed by atoms with Crippen molar-refractivity contribution in [2.75, 3.05) is 20.3 Å². The number of aromatic nitrogens is 4. The van der Waals surface area contributed by atoms with Gasteiger partial charge in [0, 0.05) is 73.3 Å². The van der Waals surface area contributed by atoms with Crippen molar-refractivity contribution in [2.24, 2.45) is 0 Å². The van der Waals surface area contributed by atoms with Gasteiger partial charge in [0.2, 0.25) is 5.88 Å². The second kappa shape index (κ2) is 9.96. The molecule has 2 aliphatic rings. The number of hydrogen-bond donors (Lipinski definition) is 2. The SMILES string of the molecule is Cc1cc(-c2c(C3CCOCC3)nc(OC3CC(N(C)C(=O)[C@H](C)O)C3)c3cc4[nH]ncc4cc23)ccn1. The summed E-state index contributed by atoms with van der Waals surface area (Å²) >= 11 is 0. The van der Waals surface area contributed by atoms with Crippen molar-refractivity contribution in [1.29, 1.82) is 0 Å². The van der Waals surface area contributed by atoms with Crippen LogP contribution in [-0.4, -0.2) is 74.6 Å². The summed E-state index contributed by atoms with van der Waals surface area (Å²) in [6.45, 7) is 4.93. The Morgan fingerprint density at radius 2 is 2.00 bits per heavy atom. The number of nitrogens with zero attached hydrogens (tertiary/aromatic N) is 4. The highest BCUT2D eigenvalue weighted by atomic mass is 16.5. The van der Waals surface area contributed by atoms with Crippen LogP contribution in [0.5, 0.6) is 5.88 Å². The lowest BCUT2D eigenvalue weighted by atomic mass is 9.86. The van der Waals surface area contributed by atoms with Gasteiger partial charge in [-0.05, 0) is 61.9 Å². The highest BCUT2D eigenvalue weighted by Crippen LogP contribution is 2.43. The van der Waals surface area contributed by atoms with Gasteiger partial charge < -0.3 is 19.5 Å². The predicted octanol–water partition coefficient (Wildman–Crippen LogP) is 4.12. The summed E-state index contributed by atoms with van der Waals surface area (Å²) in [5.41, 5.74) is 5.11. The number of likely N-dealkylation sites (N-methyl/N-ethyl adjacent to an activating group) is 1. The third kappa shape index (κ3) is 4.50. The van der Waals surface area contributed by atoms with Gasteiger partial charge in [0.05, 0.1) is 17.4 Å². The van der Waals surface area contributed by atoms with Gasteiger partial charge >= 0.3 is 0 Å². The Kier molecular flexibility index (Phi) is 6.49. The molecule has 0 bridgehead atoms. The fraction of sp³-hybridized carbons (Fsp3) is 0.448. The second-order valence-corrected chi connectivity index (χ2v) is 10.6. The van der Waals surface area contributed by atoms with Crippen molar-refractivity contribution in [2.45, 2.75) is 63.7 Å². The number of nitrogens with one attached hydrogen (secondary N) is 1. The van der Waals surface area contributed by atoms with Crippen LogP contribution in [0.2, 0.25) is 0 Å². The quantitative estimate of drug-likeness (QED) is 0.397. The van der Waals surface area contributed by atoms with Crippen molar-refractivity contribution in [3.63, 3.8) is 0 Å². The number of carbonyl (C=O) groups is 1. The Morgan fingerprint density at radius 1 is 1.21 bits per heavy atom. The number of aromatic amines is 1. The minimum Gasteiger partial charge on any atom is -0.474 e. The zero-order valence-corrected chi connectivity index (χ0v) is 22.0. The number of H-pyrrole nitrogens is 1. The molecule has 1 amide bonds. The van der Waals surface area contributed by atoms with E-state index in [1.165, 1.54) is 6.92 Å². The number of ether oxygens (including phenoxy) is 2. The van der Waals surface area contributed by atoms with E-state index in [1.807, 2.05) is 19.3 Å². The lowest BCUT2D eigenvalue weighted by Gasteiger charge is -2.41. The van der Waals surface area contributed by atoms with Gasteiger partial charge in [0.25, 0.3) is 5.91 Å². The van der Waals surface area contributed by atoms with Crippen molar-refractivity contribution >= 4 is 27.6 Å². The first-order valence-electron chi connectivity index (χ1n) is 13.3. The molecule has 9 nitrogen and oxygen atoms in total. The van der Waals surface area contributed by atoms with Gasteiger partial charge in [-0.2, -0.15) is 5.10 Å². The molecule has 0 radical (unpaired) electrons. The molecule has 2 N–H and O–H groups in total. The van der Waals surface area contributed by atoms with E-state index < -0.39 is 6.10 Å². The number of aliphatic hydroxyl groups excluding tert-OH is 1. The van der Waals surface area contributed by atoms with Crippen molar-refractivity contribution in [3.05, 3.63) is 48.0 Å². The summed E-state index contributed by atoms with van der Waals surface area (Å²) < 4.78 is 12.2. The Hall–Kier alpha value is -3.56. The average molecular weight is 516 g/mol. The molecule has 1 saturated carbocycles. The number of aliphatic hydroxyl groups is 1. The second-order valence-electron chi connectivity index (χ2n) is 10.6. The van der Waals surface area contributed by atoms with Crippen LogP contribution in [0.25, 0.3) is 32.8 Å². The highest BCUT2D eigenvalue weighted by Gasteiger charge is 2.37. The van der Waals surface area contributed by atoms with E-state index in [-0.39, 0.29) is 24.0 Å². The van der Waals surface area contributed by atoms with Crippen LogP contribution in [0.3, 0.4) is 0 Å². The summed E-state index contributed by atoms with van der Waals surface area (Å²) in [5, 5.41) is 20.1. The fourth-order valence-electron chi connectivity index (χ4n) is 5.68. The maximum atomic E-state index is 12.2. The third-order valence-corrected chi connectivity index (χ3v) is 7.95. The van der Waals surface area contributed by atoms with Crippen LogP contribution in [-0.2, 0) is 9.53 Å². The molecule has 2 fully saturated rings. The third-order valence-electron chi connectivity index (χ3n) is 7.95. The molecule has 0 unspecified atom stereocenters. The van der Waals surface area contributed by atoms with Crippen LogP contribution >= 0.6 is 0 Å². The maximum absolute atomic E-state index is 12.2. The highest BCUT2D eigenvalue weighted by molar-refractivity contribution is 6.06. The van der Waals surface area contributed by atoms with Gasteiger partial charge in [0.15, 0.2) is 0 Å². The molecule has 3 aromatic heterocycles. The first-order chi connectivity index (χ1) is 18.4. The van der Waals surface area contributed by atoms with Crippen LogP contribution in [0, 0.1) is 6.92 Å². The average Bonchev–Trinajstić information content (AvgIpc) is 3.36. The van der Waals surface area contributed by atoms with Crippen LogP contribution in [0.1, 0.15) is 49.9 Å². The fourth-order valence-corrected chi connectivity index (χ4v) is 5.68. The summed E-state index contributed by atoms with van der Waals surface area (Å²) in [6, 6.07) is 8.46. The lowest BCUT2D eigenvalue weighted by molar-refractivity contribution is -0.143. The zero-order chi connectivity index (χ0) is 26.4. The van der Waals surface area contributed by atoms with E-state index in [2.05, 4.69) is 39.4 Å². The van der Waals surface area contributed by atoms with E-state index in [9.17, 15) is 9.90 Å². The van der Waals surface area contributed by atoms with Crippen LogP contribution in [0.4, 0.5) is 0 Å². The van der Waals surface area contributed by atoms with Crippen molar-refractivity contribution in [1.82, 2.24) is 25.1 Å². The molecule has 0 spiro atoms. The van der Waals surface area contributed by atoms with Gasteiger partial charge in [0.1, 0.15) is 12.2 Å². The summed E-state index contributed by atoms with van der Waals surface area (Å²) in [4.78, 5) is 23.5. The molecule has 38 heavy (non-hydrogen) atoms. The topological polar surface area (TPSA) is 113 Å². The zero-order valence-electron chi connectivity index (χ0n) is 22.0. The number of benzene rings is 1. The Balaban J connectivity index is 1.45. The first kappa shape index (κ1) is 24.8. The van der Waals surface area contributed by atoms with Gasteiger partial charge in [-0.25, -0.2) is 4.98 Å². The van der Waals surface area contributed by atoms with E-state index in [0.717, 1.165) is 57.0 Å². The van der Waals surface area contributed by atoms with Gasteiger partial charge in [-0.15, -0.1) is 0 Å². The Morgan fingerprint density at radius 3 is 2.74 bits per heavy atom. The molecular weight excluding hydrogens is 482 g/mol.